The van der Waals surface area contributed by atoms with E-state index in [0.717, 1.165) is 30.8 Å². The van der Waals surface area contributed by atoms with Gasteiger partial charge < -0.3 is 19.9 Å². The molecule has 1 aromatic rings. The highest BCUT2D eigenvalue weighted by atomic mass is 16.5. The lowest BCUT2D eigenvalue weighted by Crippen LogP contribution is -2.16. The van der Waals surface area contributed by atoms with Crippen LogP contribution in [0.2, 0.25) is 0 Å². The van der Waals surface area contributed by atoms with Gasteiger partial charge in [-0.3, -0.25) is 0 Å². The lowest BCUT2D eigenvalue weighted by molar-refractivity contribution is 0.275. The molecule has 0 atom stereocenters. The number of methoxy groups -OCH3 is 1. The summed E-state index contributed by atoms with van der Waals surface area (Å²) < 4.78 is 10.8. The number of aliphatic hydroxyl groups excluding tert-OH is 1. The smallest absolute Gasteiger partial charge is 0.161 e. The molecule has 1 rings (SSSR count). The first-order valence-corrected chi connectivity index (χ1v) is 5.93. The predicted octanol–water partition coefficient (Wildman–Crippen LogP) is 1.57. The normalized spacial score (nSPS) is 10.3. The van der Waals surface area contributed by atoms with Gasteiger partial charge in [-0.1, -0.05) is 13.0 Å². The minimum Gasteiger partial charge on any atom is -0.493 e. The number of benzene rings is 1. The Bertz CT molecular complexity index is 328. The number of nitrogens with one attached hydrogen (secondary N) is 1. The molecule has 17 heavy (non-hydrogen) atoms. The Morgan fingerprint density at radius 1 is 1.29 bits per heavy atom. The quantitative estimate of drug-likeness (QED) is 0.676. The Balaban J connectivity index is 2.46. The summed E-state index contributed by atoms with van der Waals surface area (Å²) in [6, 6.07) is 5.46. The Morgan fingerprint density at radius 3 is 2.76 bits per heavy atom. The third-order valence-electron chi connectivity index (χ3n) is 2.42. The van der Waals surface area contributed by atoms with Crippen molar-refractivity contribution in [1.82, 2.24) is 5.32 Å². The maximum Gasteiger partial charge on any atom is 0.161 e. The highest BCUT2D eigenvalue weighted by Gasteiger charge is 2.04. The molecule has 0 spiro atoms. The van der Waals surface area contributed by atoms with E-state index in [9.17, 15) is 0 Å². The fraction of sp³-hybridized carbons (Fsp3) is 0.538. The maximum absolute atomic E-state index is 9.02. The second-order valence-corrected chi connectivity index (χ2v) is 3.70. The number of hydrogen-bond acceptors (Lipinski definition) is 4. The van der Waals surface area contributed by atoms with Gasteiger partial charge in [-0.15, -0.1) is 0 Å². The standard InChI is InChI=1S/C13H21NO3/c1-3-14-7-4-8-17-12-6-5-11(10-15)9-13(12)16-2/h5-6,9,14-15H,3-4,7-8,10H2,1-2H3. The Kier molecular flexibility index (Phi) is 6.43. The van der Waals surface area contributed by atoms with Gasteiger partial charge in [0.25, 0.3) is 0 Å². The minimum atomic E-state index is 0.0110. The van der Waals surface area contributed by atoms with E-state index >= 15 is 0 Å². The Morgan fingerprint density at radius 2 is 2.12 bits per heavy atom. The molecule has 96 valence electrons. The molecule has 0 heterocycles. The first-order chi connectivity index (χ1) is 8.31. The van der Waals surface area contributed by atoms with E-state index in [-0.39, 0.29) is 6.61 Å². The van der Waals surface area contributed by atoms with E-state index in [1.165, 1.54) is 0 Å². The average Bonchev–Trinajstić information content (AvgIpc) is 2.38. The molecule has 0 aliphatic carbocycles. The lowest BCUT2D eigenvalue weighted by atomic mass is 10.2. The molecule has 0 aliphatic heterocycles. The molecule has 4 heteroatoms. The molecular weight excluding hydrogens is 218 g/mol. The Hall–Kier alpha value is -1.26. The molecule has 0 bridgehead atoms. The van der Waals surface area contributed by atoms with E-state index < -0.39 is 0 Å². The van der Waals surface area contributed by atoms with Crippen molar-refractivity contribution in [3.05, 3.63) is 23.8 Å². The zero-order valence-corrected chi connectivity index (χ0v) is 10.5. The second kappa shape index (κ2) is 7.92. The van der Waals surface area contributed by atoms with Crippen LogP contribution in [0.15, 0.2) is 18.2 Å². The molecule has 2 N–H and O–H groups in total. The molecule has 0 aromatic heterocycles. The second-order valence-electron chi connectivity index (χ2n) is 3.70. The van der Waals surface area contributed by atoms with Crippen molar-refractivity contribution < 1.29 is 14.6 Å². The molecular formula is C13H21NO3. The van der Waals surface area contributed by atoms with Crippen LogP contribution in [0, 0.1) is 0 Å². The first-order valence-electron chi connectivity index (χ1n) is 5.93. The van der Waals surface area contributed by atoms with Crippen LogP contribution in [-0.4, -0.2) is 31.9 Å². The number of aliphatic hydroxyl groups is 1. The fourth-order valence-electron chi connectivity index (χ4n) is 1.49. The highest BCUT2D eigenvalue weighted by Crippen LogP contribution is 2.28. The third kappa shape index (κ3) is 4.63. The van der Waals surface area contributed by atoms with Gasteiger partial charge >= 0.3 is 0 Å². The van der Waals surface area contributed by atoms with Gasteiger partial charge in [0.05, 0.1) is 20.3 Å². The molecule has 0 unspecified atom stereocenters. The SMILES string of the molecule is CCNCCCOc1ccc(CO)cc1OC. The van der Waals surface area contributed by atoms with Gasteiger partial charge in [0.15, 0.2) is 11.5 Å². The minimum absolute atomic E-state index is 0.0110. The summed E-state index contributed by atoms with van der Waals surface area (Å²) in [6.45, 7) is 4.68. The van der Waals surface area contributed by atoms with Crippen LogP contribution in [0.1, 0.15) is 18.9 Å². The van der Waals surface area contributed by atoms with Gasteiger partial charge in [-0.25, -0.2) is 0 Å². The van der Waals surface area contributed by atoms with Gasteiger partial charge in [-0.2, -0.15) is 0 Å². The van der Waals surface area contributed by atoms with Crippen molar-refractivity contribution >= 4 is 0 Å². The number of ether oxygens (including phenoxy) is 2. The molecule has 0 saturated carbocycles. The van der Waals surface area contributed by atoms with E-state index in [2.05, 4.69) is 12.2 Å². The van der Waals surface area contributed by atoms with Crippen molar-refractivity contribution in [3.8, 4) is 11.5 Å². The monoisotopic (exact) mass is 239 g/mol. The summed E-state index contributed by atoms with van der Waals surface area (Å²) >= 11 is 0. The summed E-state index contributed by atoms with van der Waals surface area (Å²) in [5, 5.41) is 12.3. The van der Waals surface area contributed by atoms with Crippen molar-refractivity contribution in [2.45, 2.75) is 20.0 Å². The molecule has 0 fully saturated rings. The van der Waals surface area contributed by atoms with Crippen LogP contribution >= 0.6 is 0 Å². The summed E-state index contributed by atoms with van der Waals surface area (Å²) in [6.07, 6.45) is 0.957. The van der Waals surface area contributed by atoms with Crippen molar-refractivity contribution in [2.75, 3.05) is 26.8 Å². The molecule has 1 aromatic carbocycles. The van der Waals surface area contributed by atoms with E-state index in [0.29, 0.717) is 12.4 Å². The molecule has 0 amide bonds. The van der Waals surface area contributed by atoms with Crippen LogP contribution < -0.4 is 14.8 Å². The van der Waals surface area contributed by atoms with Crippen LogP contribution in [0.5, 0.6) is 11.5 Å². The van der Waals surface area contributed by atoms with Crippen LogP contribution in [-0.2, 0) is 6.61 Å². The van der Waals surface area contributed by atoms with Crippen molar-refractivity contribution in [3.63, 3.8) is 0 Å². The topological polar surface area (TPSA) is 50.7 Å². The van der Waals surface area contributed by atoms with Gasteiger partial charge in [0.2, 0.25) is 0 Å². The van der Waals surface area contributed by atoms with Crippen LogP contribution in [0.25, 0.3) is 0 Å². The third-order valence-corrected chi connectivity index (χ3v) is 2.42. The predicted molar refractivity (Wildman–Crippen MR) is 67.6 cm³/mol. The van der Waals surface area contributed by atoms with Gasteiger partial charge in [-0.05, 0) is 37.2 Å². The zero-order valence-electron chi connectivity index (χ0n) is 10.5. The maximum atomic E-state index is 9.02. The highest BCUT2D eigenvalue weighted by molar-refractivity contribution is 5.42. The number of hydrogen-bond donors (Lipinski definition) is 2. The van der Waals surface area contributed by atoms with Gasteiger partial charge in [0, 0.05) is 0 Å². The van der Waals surface area contributed by atoms with E-state index in [4.69, 9.17) is 14.6 Å². The fourth-order valence-corrected chi connectivity index (χ4v) is 1.49. The van der Waals surface area contributed by atoms with Crippen LogP contribution in [0.3, 0.4) is 0 Å². The van der Waals surface area contributed by atoms with Crippen molar-refractivity contribution in [1.29, 1.82) is 0 Å². The van der Waals surface area contributed by atoms with E-state index in [1.54, 1.807) is 13.2 Å². The number of rotatable bonds is 8. The van der Waals surface area contributed by atoms with Crippen molar-refractivity contribution in [2.24, 2.45) is 0 Å². The summed E-state index contributed by atoms with van der Waals surface area (Å²) in [4.78, 5) is 0. The molecule has 0 aliphatic rings. The molecule has 4 nitrogen and oxygen atoms in total. The van der Waals surface area contributed by atoms with Crippen LogP contribution in [0.4, 0.5) is 0 Å². The molecule has 0 saturated heterocycles. The van der Waals surface area contributed by atoms with E-state index in [1.807, 2.05) is 12.1 Å². The Labute approximate surface area is 103 Å². The lowest BCUT2D eigenvalue weighted by Gasteiger charge is -2.11. The summed E-state index contributed by atoms with van der Waals surface area (Å²) in [7, 11) is 1.60. The average molecular weight is 239 g/mol. The largest absolute Gasteiger partial charge is 0.493 e. The van der Waals surface area contributed by atoms with Gasteiger partial charge in [0.1, 0.15) is 0 Å². The summed E-state index contributed by atoms with van der Waals surface area (Å²) in [5.41, 5.74) is 0.821. The molecule has 0 radical (unpaired) electrons. The zero-order chi connectivity index (χ0) is 12.5. The summed E-state index contributed by atoms with van der Waals surface area (Å²) in [5.74, 6) is 1.39. The first kappa shape index (κ1) is 13.8.